The van der Waals surface area contributed by atoms with Gasteiger partial charge in [0.05, 0.1) is 17.1 Å². The van der Waals surface area contributed by atoms with Gasteiger partial charge in [-0.25, -0.2) is 0 Å². The Balaban J connectivity index is 2.26. The molecule has 114 valence electrons. The molecule has 1 aliphatic rings. The Morgan fingerprint density at radius 1 is 1.57 bits per heavy atom. The Morgan fingerprint density at radius 3 is 2.81 bits per heavy atom. The zero-order valence-corrected chi connectivity index (χ0v) is 11.6. The summed E-state index contributed by atoms with van der Waals surface area (Å²) < 4.78 is 5.51. The van der Waals surface area contributed by atoms with Crippen LogP contribution in [0.2, 0.25) is 0 Å². The second kappa shape index (κ2) is 6.06. The van der Waals surface area contributed by atoms with Gasteiger partial charge in [-0.1, -0.05) is 0 Å². The summed E-state index contributed by atoms with van der Waals surface area (Å²) in [7, 11) is 0. The summed E-state index contributed by atoms with van der Waals surface area (Å²) in [5.41, 5.74) is 11.4. The van der Waals surface area contributed by atoms with Gasteiger partial charge >= 0.3 is 0 Å². The molecule has 0 saturated heterocycles. The first-order valence-corrected chi connectivity index (χ1v) is 6.66. The van der Waals surface area contributed by atoms with Crippen molar-refractivity contribution in [1.29, 1.82) is 0 Å². The summed E-state index contributed by atoms with van der Waals surface area (Å²) in [5, 5.41) is 14.1. The number of carbonyl (C=O) groups excluding carboxylic acids is 1. The van der Waals surface area contributed by atoms with E-state index in [4.69, 9.17) is 16.2 Å². The van der Waals surface area contributed by atoms with Crippen LogP contribution in [-0.4, -0.2) is 35.6 Å². The molecule has 0 aliphatic heterocycles. The van der Waals surface area contributed by atoms with Crippen LogP contribution >= 0.6 is 0 Å². The van der Waals surface area contributed by atoms with Crippen LogP contribution in [-0.2, 0) is 4.74 Å². The molecule has 1 aromatic carbocycles. The number of amides is 1. The first-order valence-electron chi connectivity index (χ1n) is 6.66. The molecule has 5 N–H and O–H groups in total. The zero-order chi connectivity index (χ0) is 15.6. The fraction of sp³-hybridized carbons (Fsp3) is 0.462. The van der Waals surface area contributed by atoms with Crippen LogP contribution in [0, 0.1) is 10.1 Å². The van der Waals surface area contributed by atoms with Crippen molar-refractivity contribution < 1.29 is 14.5 Å². The zero-order valence-electron chi connectivity index (χ0n) is 11.6. The first kappa shape index (κ1) is 15.2. The summed E-state index contributed by atoms with van der Waals surface area (Å²) in [6.07, 6.45) is 0.594. The lowest BCUT2D eigenvalue weighted by Crippen LogP contribution is -2.60. The number of primary amides is 1. The molecule has 1 aliphatic carbocycles. The van der Waals surface area contributed by atoms with Crippen molar-refractivity contribution in [2.75, 3.05) is 11.9 Å². The lowest BCUT2D eigenvalue weighted by atomic mass is 9.83. The molecular formula is C13H18N4O4. The van der Waals surface area contributed by atoms with Crippen molar-refractivity contribution in [3.05, 3.63) is 33.9 Å². The van der Waals surface area contributed by atoms with Gasteiger partial charge in [-0.15, -0.1) is 0 Å². The first-order chi connectivity index (χ1) is 9.93. The largest absolute Gasteiger partial charge is 0.376 e. The van der Waals surface area contributed by atoms with Crippen LogP contribution in [0.1, 0.15) is 23.7 Å². The van der Waals surface area contributed by atoms with E-state index in [0.29, 0.717) is 13.0 Å². The van der Waals surface area contributed by atoms with Gasteiger partial charge in [-0.2, -0.15) is 0 Å². The van der Waals surface area contributed by atoms with Gasteiger partial charge in [0.25, 0.3) is 5.69 Å². The standard InChI is InChI=1S/C13H18N4O4/c1-2-21-11-6-8(14)12(11)16-9-5-7(13(15)18)3-4-10(9)17(19)20/h3-5,8,11-12,16H,2,6,14H2,1H3,(H2,15,18). The van der Waals surface area contributed by atoms with Gasteiger partial charge < -0.3 is 21.5 Å². The second-order valence-corrected chi connectivity index (χ2v) is 4.92. The molecule has 8 heteroatoms. The van der Waals surface area contributed by atoms with E-state index in [0.717, 1.165) is 0 Å². The van der Waals surface area contributed by atoms with Crippen LogP contribution in [0.25, 0.3) is 0 Å². The van der Waals surface area contributed by atoms with Crippen molar-refractivity contribution in [3.8, 4) is 0 Å². The average Bonchev–Trinajstić information content (AvgIpc) is 2.44. The molecule has 0 heterocycles. The molecule has 0 spiro atoms. The molecule has 0 aromatic heterocycles. The number of nitro benzene ring substituents is 1. The predicted octanol–water partition coefficient (Wildman–Crippen LogP) is 0.610. The summed E-state index contributed by atoms with van der Waals surface area (Å²) in [4.78, 5) is 21.8. The highest BCUT2D eigenvalue weighted by molar-refractivity contribution is 5.94. The Morgan fingerprint density at radius 2 is 2.29 bits per heavy atom. The fourth-order valence-corrected chi connectivity index (χ4v) is 2.37. The number of nitrogens with two attached hydrogens (primary N) is 2. The van der Waals surface area contributed by atoms with E-state index in [9.17, 15) is 14.9 Å². The molecule has 1 aromatic rings. The summed E-state index contributed by atoms with van der Waals surface area (Å²) in [5.74, 6) is -0.646. The molecule has 3 atom stereocenters. The lowest BCUT2D eigenvalue weighted by molar-refractivity contribution is -0.384. The molecule has 8 nitrogen and oxygen atoms in total. The molecular weight excluding hydrogens is 276 g/mol. The number of ether oxygens (including phenoxy) is 1. The van der Waals surface area contributed by atoms with Crippen molar-refractivity contribution in [1.82, 2.24) is 0 Å². The van der Waals surface area contributed by atoms with E-state index in [1.807, 2.05) is 6.92 Å². The Hall–Kier alpha value is -2.19. The molecule has 1 amide bonds. The number of nitrogens with zero attached hydrogens (tertiary/aromatic N) is 1. The minimum Gasteiger partial charge on any atom is -0.376 e. The number of carbonyl (C=O) groups is 1. The van der Waals surface area contributed by atoms with Crippen LogP contribution in [0.5, 0.6) is 0 Å². The number of rotatable bonds is 6. The molecule has 3 unspecified atom stereocenters. The average molecular weight is 294 g/mol. The SMILES string of the molecule is CCOC1CC(N)C1Nc1cc(C(N)=O)ccc1[N+](=O)[O-]. The lowest BCUT2D eigenvalue weighted by Gasteiger charge is -2.42. The summed E-state index contributed by atoms with van der Waals surface area (Å²) >= 11 is 0. The maximum Gasteiger partial charge on any atom is 0.292 e. The van der Waals surface area contributed by atoms with Gasteiger partial charge in [-0.05, 0) is 25.5 Å². The second-order valence-electron chi connectivity index (χ2n) is 4.92. The third-order valence-electron chi connectivity index (χ3n) is 3.55. The number of nitrogens with one attached hydrogen (secondary N) is 1. The van der Waals surface area contributed by atoms with E-state index in [2.05, 4.69) is 5.32 Å². The van der Waals surface area contributed by atoms with Gasteiger partial charge in [0.15, 0.2) is 0 Å². The van der Waals surface area contributed by atoms with Crippen LogP contribution in [0.3, 0.4) is 0 Å². The van der Waals surface area contributed by atoms with Gasteiger partial charge in [0.1, 0.15) is 5.69 Å². The highest BCUT2D eigenvalue weighted by atomic mass is 16.6. The van der Waals surface area contributed by atoms with E-state index >= 15 is 0 Å². The number of hydrogen-bond acceptors (Lipinski definition) is 6. The van der Waals surface area contributed by atoms with Crippen LogP contribution in [0.4, 0.5) is 11.4 Å². The smallest absolute Gasteiger partial charge is 0.292 e. The highest BCUT2D eigenvalue weighted by Crippen LogP contribution is 2.31. The Labute approximate surface area is 121 Å². The maximum absolute atomic E-state index is 11.2. The quantitative estimate of drug-likeness (QED) is 0.520. The predicted molar refractivity (Wildman–Crippen MR) is 77.0 cm³/mol. The molecule has 1 fully saturated rings. The summed E-state index contributed by atoms with van der Waals surface area (Å²) in [6.45, 7) is 2.41. The van der Waals surface area contributed by atoms with Gasteiger partial charge in [0.2, 0.25) is 5.91 Å². The molecule has 0 bridgehead atoms. The number of hydrogen-bond donors (Lipinski definition) is 3. The maximum atomic E-state index is 11.2. The number of nitro groups is 1. The van der Waals surface area contributed by atoms with Crippen molar-refractivity contribution in [2.45, 2.75) is 31.5 Å². The molecule has 2 rings (SSSR count). The Bertz CT molecular complexity index is 561. The normalized spacial score (nSPS) is 24.2. The minimum atomic E-state index is -0.646. The number of anilines is 1. The van der Waals surface area contributed by atoms with E-state index in [1.165, 1.54) is 18.2 Å². The van der Waals surface area contributed by atoms with E-state index < -0.39 is 10.8 Å². The van der Waals surface area contributed by atoms with Gasteiger partial charge in [-0.3, -0.25) is 14.9 Å². The Kier molecular flexibility index (Phi) is 4.39. The van der Waals surface area contributed by atoms with Crippen molar-refractivity contribution in [2.24, 2.45) is 11.5 Å². The molecule has 1 saturated carbocycles. The molecule has 21 heavy (non-hydrogen) atoms. The van der Waals surface area contributed by atoms with E-state index in [1.54, 1.807) is 0 Å². The third-order valence-corrected chi connectivity index (χ3v) is 3.55. The fourth-order valence-electron chi connectivity index (χ4n) is 2.37. The minimum absolute atomic E-state index is 0.0955. The van der Waals surface area contributed by atoms with Crippen LogP contribution < -0.4 is 16.8 Å². The van der Waals surface area contributed by atoms with Gasteiger partial charge in [0, 0.05) is 24.3 Å². The van der Waals surface area contributed by atoms with E-state index in [-0.39, 0.29) is 35.1 Å². The summed E-state index contributed by atoms with van der Waals surface area (Å²) in [6, 6.07) is 3.56. The number of benzene rings is 1. The highest BCUT2D eigenvalue weighted by Gasteiger charge is 2.40. The molecule has 0 radical (unpaired) electrons. The van der Waals surface area contributed by atoms with Crippen molar-refractivity contribution in [3.63, 3.8) is 0 Å². The van der Waals surface area contributed by atoms with Crippen LogP contribution in [0.15, 0.2) is 18.2 Å². The monoisotopic (exact) mass is 294 g/mol. The van der Waals surface area contributed by atoms with Crippen molar-refractivity contribution >= 4 is 17.3 Å². The topological polar surface area (TPSA) is 134 Å². The third kappa shape index (κ3) is 3.11.